The van der Waals surface area contributed by atoms with Crippen LogP contribution < -0.4 is 10.6 Å². The highest BCUT2D eigenvalue weighted by Gasteiger charge is 2.20. The monoisotopic (exact) mass is 289 g/mol. The maximum Gasteiger partial charge on any atom is 0.221 e. The number of carbonyl (C=O) groups is 1. The van der Waals surface area contributed by atoms with Gasteiger partial charge in [-0.05, 0) is 51.3 Å². The van der Waals surface area contributed by atoms with Crippen molar-refractivity contribution in [3.05, 3.63) is 23.8 Å². The number of benzene rings is 1. The van der Waals surface area contributed by atoms with Crippen LogP contribution in [0.2, 0.25) is 0 Å². The van der Waals surface area contributed by atoms with Gasteiger partial charge < -0.3 is 15.5 Å². The van der Waals surface area contributed by atoms with Crippen molar-refractivity contribution in [3.8, 4) is 0 Å². The Morgan fingerprint density at radius 1 is 1.29 bits per heavy atom. The summed E-state index contributed by atoms with van der Waals surface area (Å²) in [5, 5.41) is 6.49. The van der Waals surface area contributed by atoms with Gasteiger partial charge in [-0.15, -0.1) is 0 Å². The molecule has 1 aliphatic rings. The van der Waals surface area contributed by atoms with Gasteiger partial charge in [-0.3, -0.25) is 4.79 Å². The molecule has 0 aromatic heterocycles. The fraction of sp³-hybridized carbons (Fsp3) is 0.588. The first-order valence-corrected chi connectivity index (χ1v) is 7.84. The van der Waals surface area contributed by atoms with E-state index in [1.807, 2.05) is 12.1 Å². The number of hydrogen-bond acceptors (Lipinski definition) is 3. The number of amides is 1. The van der Waals surface area contributed by atoms with Crippen LogP contribution in [0.1, 0.15) is 39.2 Å². The molecule has 0 bridgehead atoms. The van der Waals surface area contributed by atoms with Gasteiger partial charge in [0.15, 0.2) is 0 Å². The smallest absolute Gasteiger partial charge is 0.221 e. The van der Waals surface area contributed by atoms with E-state index in [4.69, 9.17) is 0 Å². The van der Waals surface area contributed by atoms with Gasteiger partial charge in [-0.2, -0.15) is 0 Å². The number of carbonyl (C=O) groups excluding carboxylic acids is 1. The Morgan fingerprint density at radius 2 is 1.95 bits per heavy atom. The molecule has 1 saturated heterocycles. The Morgan fingerprint density at radius 3 is 2.52 bits per heavy atom. The third-order valence-corrected chi connectivity index (χ3v) is 4.18. The number of aryl methyl sites for hydroxylation is 1. The molecule has 116 valence electrons. The van der Waals surface area contributed by atoms with E-state index >= 15 is 0 Å². The number of anilines is 2. The summed E-state index contributed by atoms with van der Waals surface area (Å²) in [7, 11) is 0. The van der Waals surface area contributed by atoms with E-state index in [2.05, 4.69) is 42.4 Å². The van der Waals surface area contributed by atoms with Gasteiger partial charge in [0.05, 0.1) is 0 Å². The summed E-state index contributed by atoms with van der Waals surface area (Å²) in [6.45, 7) is 10.5. The number of likely N-dealkylation sites (tertiary alicyclic amines) is 1. The van der Waals surface area contributed by atoms with E-state index < -0.39 is 0 Å². The van der Waals surface area contributed by atoms with Crippen LogP contribution in [0, 0.1) is 6.92 Å². The summed E-state index contributed by atoms with van der Waals surface area (Å²) in [5.74, 6) is -0.0324. The molecule has 0 saturated carbocycles. The highest BCUT2D eigenvalue weighted by molar-refractivity contribution is 5.89. The molecule has 0 aliphatic carbocycles. The van der Waals surface area contributed by atoms with Crippen molar-refractivity contribution < 1.29 is 4.79 Å². The van der Waals surface area contributed by atoms with E-state index in [0.29, 0.717) is 12.1 Å². The van der Waals surface area contributed by atoms with Crippen molar-refractivity contribution in [2.45, 2.75) is 52.6 Å². The molecule has 4 nitrogen and oxygen atoms in total. The molecule has 0 radical (unpaired) electrons. The second kappa shape index (κ2) is 6.94. The van der Waals surface area contributed by atoms with Crippen LogP contribution >= 0.6 is 0 Å². The highest BCUT2D eigenvalue weighted by Crippen LogP contribution is 2.24. The zero-order valence-corrected chi connectivity index (χ0v) is 13.6. The molecule has 0 atom stereocenters. The van der Waals surface area contributed by atoms with Crippen LogP contribution in [-0.4, -0.2) is 36.0 Å². The summed E-state index contributed by atoms with van der Waals surface area (Å²) in [6, 6.07) is 7.19. The number of nitrogens with one attached hydrogen (secondary N) is 2. The fourth-order valence-corrected chi connectivity index (χ4v) is 2.84. The zero-order valence-electron chi connectivity index (χ0n) is 13.6. The average molecular weight is 289 g/mol. The average Bonchev–Trinajstić information content (AvgIpc) is 2.42. The Hall–Kier alpha value is -1.55. The van der Waals surface area contributed by atoms with Crippen LogP contribution in [-0.2, 0) is 4.79 Å². The third-order valence-electron chi connectivity index (χ3n) is 4.18. The molecule has 1 amide bonds. The van der Waals surface area contributed by atoms with Crippen molar-refractivity contribution in [1.82, 2.24) is 4.90 Å². The molecule has 1 aromatic rings. The van der Waals surface area contributed by atoms with E-state index in [1.54, 1.807) is 0 Å². The van der Waals surface area contributed by atoms with Gasteiger partial charge in [0.1, 0.15) is 0 Å². The Bertz CT molecular complexity index is 491. The van der Waals surface area contributed by atoms with Crippen molar-refractivity contribution in [3.63, 3.8) is 0 Å². The highest BCUT2D eigenvalue weighted by atomic mass is 16.1. The fourth-order valence-electron chi connectivity index (χ4n) is 2.84. The van der Waals surface area contributed by atoms with Gasteiger partial charge in [-0.25, -0.2) is 0 Å². The van der Waals surface area contributed by atoms with Crippen molar-refractivity contribution in [2.24, 2.45) is 0 Å². The topological polar surface area (TPSA) is 44.4 Å². The van der Waals surface area contributed by atoms with E-state index in [1.165, 1.54) is 25.3 Å². The molecule has 4 heteroatoms. The van der Waals surface area contributed by atoms with Crippen LogP contribution in [0.5, 0.6) is 0 Å². The van der Waals surface area contributed by atoms with Gasteiger partial charge in [0.2, 0.25) is 5.91 Å². The number of rotatable bonds is 4. The predicted molar refractivity (Wildman–Crippen MR) is 88.8 cm³/mol. The maximum absolute atomic E-state index is 11.2. The van der Waals surface area contributed by atoms with Crippen molar-refractivity contribution >= 4 is 17.3 Å². The Kier molecular flexibility index (Phi) is 5.23. The van der Waals surface area contributed by atoms with Gasteiger partial charge in [-0.1, -0.05) is 6.07 Å². The molecule has 1 heterocycles. The molecule has 0 unspecified atom stereocenters. The number of piperidine rings is 1. The maximum atomic E-state index is 11.2. The van der Waals surface area contributed by atoms with Crippen LogP contribution in [0.15, 0.2) is 18.2 Å². The Labute approximate surface area is 127 Å². The normalized spacial score (nSPS) is 17.0. The van der Waals surface area contributed by atoms with Gasteiger partial charge in [0, 0.05) is 43.5 Å². The van der Waals surface area contributed by atoms with Crippen LogP contribution in [0.4, 0.5) is 11.4 Å². The van der Waals surface area contributed by atoms with E-state index in [-0.39, 0.29) is 5.91 Å². The van der Waals surface area contributed by atoms with Crippen molar-refractivity contribution in [2.75, 3.05) is 23.7 Å². The van der Waals surface area contributed by atoms with Crippen LogP contribution in [0.3, 0.4) is 0 Å². The molecule has 1 aliphatic heterocycles. The first-order valence-electron chi connectivity index (χ1n) is 7.84. The van der Waals surface area contributed by atoms with Crippen molar-refractivity contribution in [1.29, 1.82) is 0 Å². The second-order valence-electron chi connectivity index (χ2n) is 6.26. The molecule has 1 fully saturated rings. The minimum Gasteiger partial charge on any atom is -0.382 e. The quantitative estimate of drug-likeness (QED) is 0.894. The van der Waals surface area contributed by atoms with Gasteiger partial charge in [0.25, 0.3) is 0 Å². The standard InChI is InChI=1S/C17H27N3O/c1-12(2)20-9-7-15(8-10-20)19-17-11-16(18-14(4)21)6-5-13(17)3/h5-6,11-12,15,19H,7-10H2,1-4H3,(H,18,21). The molecular formula is C17H27N3O. The third kappa shape index (κ3) is 4.46. The summed E-state index contributed by atoms with van der Waals surface area (Å²) >= 11 is 0. The molecule has 1 aromatic carbocycles. The lowest BCUT2D eigenvalue weighted by atomic mass is 10.0. The zero-order chi connectivity index (χ0) is 15.4. The van der Waals surface area contributed by atoms with E-state index in [0.717, 1.165) is 24.5 Å². The number of hydrogen-bond donors (Lipinski definition) is 2. The van der Waals surface area contributed by atoms with E-state index in [9.17, 15) is 4.79 Å². The van der Waals surface area contributed by atoms with Gasteiger partial charge >= 0.3 is 0 Å². The summed E-state index contributed by atoms with van der Waals surface area (Å²) in [6.07, 6.45) is 2.34. The lowest BCUT2D eigenvalue weighted by molar-refractivity contribution is -0.114. The largest absolute Gasteiger partial charge is 0.382 e. The molecule has 2 rings (SSSR count). The summed E-state index contributed by atoms with van der Waals surface area (Å²) < 4.78 is 0. The molecule has 0 spiro atoms. The first-order chi connectivity index (χ1) is 9.95. The second-order valence-corrected chi connectivity index (χ2v) is 6.26. The minimum absolute atomic E-state index is 0.0324. The SMILES string of the molecule is CC(=O)Nc1ccc(C)c(NC2CCN(C(C)C)CC2)c1. The first kappa shape index (κ1) is 15.8. The molecular weight excluding hydrogens is 262 g/mol. The minimum atomic E-state index is -0.0324. The lowest BCUT2D eigenvalue weighted by Crippen LogP contribution is -2.42. The number of nitrogens with zero attached hydrogens (tertiary/aromatic N) is 1. The predicted octanol–water partition coefficient (Wildman–Crippen LogP) is 3.24. The lowest BCUT2D eigenvalue weighted by Gasteiger charge is -2.35. The molecule has 21 heavy (non-hydrogen) atoms. The molecule has 2 N–H and O–H groups in total. The summed E-state index contributed by atoms with van der Waals surface area (Å²) in [4.78, 5) is 13.7. The Balaban J connectivity index is 1.98. The summed E-state index contributed by atoms with van der Waals surface area (Å²) in [5.41, 5.74) is 3.20. The van der Waals surface area contributed by atoms with Crippen LogP contribution in [0.25, 0.3) is 0 Å².